The molecule has 1 heterocycles. The van der Waals surface area contributed by atoms with Crippen molar-refractivity contribution in [2.24, 2.45) is 0 Å². The average Bonchev–Trinajstić information content (AvgIpc) is 2.33. The van der Waals surface area contributed by atoms with Gasteiger partial charge in [0.05, 0.1) is 5.75 Å². The van der Waals surface area contributed by atoms with Crippen LogP contribution in [0.1, 0.15) is 19.5 Å². The third-order valence-electron chi connectivity index (χ3n) is 2.11. The molecule has 0 bridgehead atoms. The first-order valence-corrected chi connectivity index (χ1v) is 7.07. The molecule has 0 spiro atoms. The molecule has 1 rings (SSSR count). The van der Waals surface area contributed by atoms with E-state index in [9.17, 15) is 4.79 Å². The highest BCUT2D eigenvalue weighted by molar-refractivity contribution is 7.99. The van der Waals surface area contributed by atoms with E-state index in [1.54, 1.807) is 0 Å². The lowest BCUT2D eigenvalue weighted by atomic mass is 10.4. The van der Waals surface area contributed by atoms with E-state index in [-0.39, 0.29) is 17.7 Å². The molecule has 1 aromatic rings. The van der Waals surface area contributed by atoms with Crippen molar-refractivity contribution >= 4 is 23.5 Å². The molecule has 0 aliphatic carbocycles. The summed E-state index contributed by atoms with van der Waals surface area (Å²) in [5.41, 5.74) is 6.38. The van der Waals surface area contributed by atoms with Crippen LogP contribution in [0, 0.1) is 6.92 Å². The van der Waals surface area contributed by atoms with E-state index in [0.29, 0.717) is 5.16 Å². The van der Waals surface area contributed by atoms with Crippen LogP contribution in [0.3, 0.4) is 0 Å². The maximum absolute atomic E-state index is 11.6. The van der Waals surface area contributed by atoms with E-state index >= 15 is 0 Å². The molecule has 0 fully saturated rings. The third kappa shape index (κ3) is 5.89. The van der Waals surface area contributed by atoms with E-state index in [0.717, 1.165) is 11.5 Å². The number of carbonyl (C=O) groups excluding carboxylic acids is 1. The number of thioether (sulfide) groups is 1. The van der Waals surface area contributed by atoms with E-state index < -0.39 is 0 Å². The Balaban J connectivity index is 2.55. The number of nitrogens with one attached hydrogen (secondary N) is 2. The molecule has 106 valence electrons. The van der Waals surface area contributed by atoms with E-state index in [4.69, 9.17) is 0 Å². The van der Waals surface area contributed by atoms with Gasteiger partial charge in [0.15, 0.2) is 5.16 Å². The molecular formula is C12H21N5OS. The number of hydrogen-bond acceptors (Lipinski definition) is 6. The van der Waals surface area contributed by atoms with Gasteiger partial charge in [0.1, 0.15) is 5.82 Å². The molecule has 0 saturated carbocycles. The SMILES string of the molecule is Cc1cc(N(C)C)nc(SCC(=O)NNC(C)C)n1. The van der Waals surface area contributed by atoms with Crippen LogP contribution >= 0.6 is 11.8 Å². The maximum Gasteiger partial charge on any atom is 0.244 e. The molecule has 0 radical (unpaired) electrons. The quantitative estimate of drug-likeness (QED) is 0.460. The van der Waals surface area contributed by atoms with Crippen LogP contribution in [0.4, 0.5) is 5.82 Å². The molecule has 0 unspecified atom stereocenters. The molecule has 7 heteroatoms. The lowest BCUT2D eigenvalue weighted by Gasteiger charge is -2.13. The minimum atomic E-state index is -0.0878. The Morgan fingerprint density at radius 3 is 2.68 bits per heavy atom. The van der Waals surface area contributed by atoms with Crippen LogP contribution in [-0.4, -0.2) is 41.8 Å². The van der Waals surface area contributed by atoms with Crippen LogP contribution in [0.5, 0.6) is 0 Å². The zero-order valence-electron chi connectivity index (χ0n) is 12.0. The fourth-order valence-electron chi connectivity index (χ4n) is 1.21. The van der Waals surface area contributed by atoms with Gasteiger partial charge in [0.25, 0.3) is 0 Å². The van der Waals surface area contributed by atoms with Crippen LogP contribution in [0.25, 0.3) is 0 Å². The predicted octanol–water partition coefficient (Wildman–Crippen LogP) is 0.972. The summed E-state index contributed by atoms with van der Waals surface area (Å²) < 4.78 is 0. The first-order valence-electron chi connectivity index (χ1n) is 6.08. The molecule has 6 nitrogen and oxygen atoms in total. The Labute approximate surface area is 118 Å². The Morgan fingerprint density at radius 2 is 2.11 bits per heavy atom. The van der Waals surface area contributed by atoms with Gasteiger partial charge in [-0.05, 0) is 20.8 Å². The zero-order valence-corrected chi connectivity index (χ0v) is 12.8. The summed E-state index contributed by atoms with van der Waals surface area (Å²) in [6, 6.07) is 2.12. The molecule has 0 atom stereocenters. The summed E-state index contributed by atoms with van der Waals surface area (Å²) in [6.07, 6.45) is 0. The molecule has 2 N–H and O–H groups in total. The monoisotopic (exact) mass is 283 g/mol. The normalized spacial score (nSPS) is 10.6. The minimum absolute atomic E-state index is 0.0878. The summed E-state index contributed by atoms with van der Waals surface area (Å²) in [6.45, 7) is 5.83. The number of rotatable bonds is 6. The Morgan fingerprint density at radius 1 is 1.42 bits per heavy atom. The second-order valence-electron chi connectivity index (χ2n) is 4.68. The van der Waals surface area contributed by atoms with Crippen molar-refractivity contribution in [1.29, 1.82) is 0 Å². The molecule has 0 saturated heterocycles. The van der Waals surface area contributed by atoms with Crippen molar-refractivity contribution in [2.75, 3.05) is 24.7 Å². The summed E-state index contributed by atoms with van der Waals surface area (Å²) in [5, 5.41) is 0.614. The van der Waals surface area contributed by atoms with Crippen molar-refractivity contribution in [3.63, 3.8) is 0 Å². The van der Waals surface area contributed by atoms with Crippen molar-refractivity contribution in [2.45, 2.75) is 32.0 Å². The number of hydrazine groups is 1. The first kappa shape index (κ1) is 15.7. The molecule has 1 aromatic heterocycles. The molecule has 0 aromatic carbocycles. The highest BCUT2D eigenvalue weighted by atomic mass is 32.2. The molecule has 1 amide bonds. The average molecular weight is 283 g/mol. The summed E-state index contributed by atoms with van der Waals surface area (Å²) in [5.74, 6) is 1.04. The summed E-state index contributed by atoms with van der Waals surface area (Å²) in [4.78, 5) is 22.2. The molecule has 19 heavy (non-hydrogen) atoms. The van der Waals surface area contributed by atoms with Gasteiger partial charge in [-0.3, -0.25) is 10.2 Å². The van der Waals surface area contributed by atoms with Crippen LogP contribution in [-0.2, 0) is 4.79 Å². The van der Waals surface area contributed by atoms with Gasteiger partial charge >= 0.3 is 0 Å². The number of aromatic nitrogens is 2. The van der Waals surface area contributed by atoms with Gasteiger partial charge in [0.2, 0.25) is 5.91 Å². The summed E-state index contributed by atoms with van der Waals surface area (Å²) in [7, 11) is 3.85. The van der Waals surface area contributed by atoms with Crippen LogP contribution in [0.2, 0.25) is 0 Å². The fraction of sp³-hybridized carbons (Fsp3) is 0.583. The van der Waals surface area contributed by atoms with Crippen LogP contribution in [0.15, 0.2) is 11.2 Å². The topological polar surface area (TPSA) is 70.2 Å². The summed E-state index contributed by atoms with van der Waals surface area (Å²) >= 11 is 1.33. The highest BCUT2D eigenvalue weighted by Gasteiger charge is 2.08. The minimum Gasteiger partial charge on any atom is -0.363 e. The number of amides is 1. The van der Waals surface area contributed by atoms with Gasteiger partial charge in [-0.2, -0.15) is 0 Å². The predicted molar refractivity (Wildman–Crippen MR) is 78.2 cm³/mol. The maximum atomic E-state index is 11.6. The second-order valence-corrected chi connectivity index (χ2v) is 5.62. The molecule has 0 aliphatic heterocycles. The smallest absolute Gasteiger partial charge is 0.244 e. The molecular weight excluding hydrogens is 262 g/mol. The van der Waals surface area contributed by atoms with Gasteiger partial charge in [-0.1, -0.05) is 11.8 Å². The number of aryl methyl sites for hydroxylation is 1. The number of carbonyl (C=O) groups is 1. The third-order valence-corrected chi connectivity index (χ3v) is 2.96. The Bertz CT molecular complexity index is 436. The van der Waals surface area contributed by atoms with E-state index in [1.165, 1.54) is 11.8 Å². The van der Waals surface area contributed by atoms with Gasteiger partial charge in [-0.25, -0.2) is 15.4 Å². The number of hydrogen-bond donors (Lipinski definition) is 2. The van der Waals surface area contributed by atoms with Crippen molar-refractivity contribution < 1.29 is 4.79 Å². The van der Waals surface area contributed by atoms with Crippen molar-refractivity contribution in [1.82, 2.24) is 20.8 Å². The Hall–Kier alpha value is -1.34. The largest absolute Gasteiger partial charge is 0.363 e. The fourth-order valence-corrected chi connectivity index (χ4v) is 1.91. The highest BCUT2D eigenvalue weighted by Crippen LogP contribution is 2.17. The van der Waals surface area contributed by atoms with E-state index in [2.05, 4.69) is 20.8 Å². The van der Waals surface area contributed by atoms with Gasteiger partial charge in [-0.15, -0.1) is 0 Å². The van der Waals surface area contributed by atoms with Gasteiger partial charge < -0.3 is 4.90 Å². The standard InChI is InChI=1S/C12H21N5OS/c1-8(2)15-16-11(18)7-19-12-13-9(3)6-10(14-12)17(4)5/h6,8,15H,7H2,1-5H3,(H,16,18). The Kier molecular flexibility index (Phi) is 6.04. The van der Waals surface area contributed by atoms with Crippen molar-refractivity contribution in [3.05, 3.63) is 11.8 Å². The van der Waals surface area contributed by atoms with Gasteiger partial charge in [0, 0.05) is 31.9 Å². The lowest BCUT2D eigenvalue weighted by molar-refractivity contribution is -0.119. The number of anilines is 1. The van der Waals surface area contributed by atoms with Crippen LogP contribution < -0.4 is 15.8 Å². The van der Waals surface area contributed by atoms with Crippen molar-refractivity contribution in [3.8, 4) is 0 Å². The number of nitrogens with zero attached hydrogens (tertiary/aromatic N) is 3. The molecule has 0 aliphatic rings. The zero-order chi connectivity index (χ0) is 14.4. The first-order chi connectivity index (χ1) is 8.88. The second kappa shape index (κ2) is 7.30. The van der Waals surface area contributed by atoms with E-state index in [1.807, 2.05) is 45.8 Å². The lowest BCUT2D eigenvalue weighted by Crippen LogP contribution is -2.42.